The molecule has 0 aromatic heterocycles. The monoisotopic (exact) mass is 424 g/mol. The Labute approximate surface area is 142 Å². The zero-order valence-corrected chi connectivity index (χ0v) is 14.7. The minimum atomic E-state index is -0.784. The van der Waals surface area contributed by atoms with Gasteiger partial charge in [0.1, 0.15) is 17.2 Å². The van der Waals surface area contributed by atoms with Crippen LogP contribution in [0.5, 0.6) is 0 Å². The molecule has 1 aromatic rings. The van der Waals surface area contributed by atoms with Crippen molar-refractivity contribution in [3.05, 3.63) is 35.4 Å². The molecule has 3 nitrogen and oxygen atoms in total. The first-order chi connectivity index (χ1) is 10.4. The maximum absolute atomic E-state index is 14.1. The van der Waals surface area contributed by atoms with Crippen LogP contribution in [0.1, 0.15) is 25.8 Å². The highest BCUT2D eigenvalue weighted by atomic mass is 127. The maximum atomic E-state index is 14.1. The van der Waals surface area contributed by atoms with Gasteiger partial charge in [-0.3, -0.25) is 4.79 Å². The van der Waals surface area contributed by atoms with Crippen molar-refractivity contribution in [2.24, 2.45) is 11.8 Å². The zero-order chi connectivity index (χ0) is 16.3. The van der Waals surface area contributed by atoms with Crippen molar-refractivity contribution >= 4 is 28.6 Å². The van der Waals surface area contributed by atoms with E-state index >= 15 is 0 Å². The van der Waals surface area contributed by atoms with Crippen LogP contribution in [0.2, 0.25) is 0 Å². The lowest BCUT2D eigenvalue weighted by Gasteiger charge is -2.27. The fraction of sp³-hybridized carbons (Fsp3) is 0.562. The van der Waals surface area contributed by atoms with Gasteiger partial charge in [-0.2, -0.15) is 0 Å². The van der Waals surface area contributed by atoms with Crippen molar-refractivity contribution in [3.63, 3.8) is 0 Å². The van der Waals surface area contributed by atoms with E-state index in [0.717, 1.165) is 6.07 Å². The number of hydrogen-bond acceptors (Lipinski definition) is 3. The van der Waals surface area contributed by atoms with Crippen LogP contribution < -0.4 is 0 Å². The first kappa shape index (κ1) is 17.6. The molecule has 0 bridgehead atoms. The lowest BCUT2D eigenvalue weighted by Crippen LogP contribution is -2.28. The van der Waals surface area contributed by atoms with Gasteiger partial charge in [0.05, 0.1) is 19.1 Å². The van der Waals surface area contributed by atoms with Crippen LogP contribution in [0.25, 0.3) is 0 Å². The Bertz CT molecular complexity index is 550. The molecule has 22 heavy (non-hydrogen) atoms. The van der Waals surface area contributed by atoms with Gasteiger partial charge < -0.3 is 9.47 Å². The molecule has 1 heterocycles. The first-order valence-electron chi connectivity index (χ1n) is 7.20. The zero-order valence-electron chi connectivity index (χ0n) is 12.6. The lowest BCUT2D eigenvalue weighted by atomic mass is 9.89. The van der Waals surface area contributed by atoms with Gasteiger partial charge in [0.2, 0.25) is 0 Å². The summed E-state index contributed by atoms with van der Waals surface area (Å²) in [5, 5.41) is 0. The van der Waals surface area contributed by atoms with E-state index in [0.29, 0.717) is 23.0 Å². The third kappa shape index (κ3) is 3.76. The van der Waals surface area contributed by atoms with Crippen LogP contribution >= 0.6 is 22.6 Å². The largest absolute Gasteiger partial charge is 0.465 e. The van der Waals surface area contributed by atoms with Crippen LogP contribution in [-0.2, 0) is 19.9 Å². The van der Waals surface area contributed by atoms with E-state index in [9.17, 15) is 13.6 Å². The summed E-state index contributed by atoms with van der Waals surface area (Å²) in [6.45, 7) is 4.20. The summed E-state index contributed by atoms with van der Waals surface area (Å²) in [6.07, 6.45) is 0.546. The number of rotatable bonds is 5. The van der Waals surface area contributed by atoms with Crippen molar-refractivity contribution in [1.29, 1.82) is 0 Å². The fourth-order valence-corrected chi connectivity index (χ4v) is 3.49. The van der Waals surface area contributed by atoms with Gasteiger partial charge in [0.15, 0.2) is 0 Å². The van der Waals surface area contributed by atoms with Gasteiger partial charge >= 0.3 is 5.97 Å². The average Bonchev–Trinajstić information content (AvgIpc) is 2.89. The summed E-state index contributed by atoms with van der Waals surface area (Å²) in [5.41, 5.74) is -0.422. The molecular weight excluding hydrogens is 405 g/mol. The molecule has 1 aliphatic heterocycles. The van der Waals surface area contributed by atoms with E-state index in [1.165, 1.54) is 12.1 Å². The summed E-state index contributed by atoms with van der Waals surface area (Å²) < 4.78 is 38.8. The van der Waals surface area contributed by atoms with E-state index in [1.54, 1.807) is 13.8 Å². The maximum Gasteiger partial charge on any atom is 0.308 e. The molecular formula is C16H19F2IO3. The molecule has 0 saturated carbocycles. The molecule has 1 unspecified atom stereocenters. The predicted molar refractivity (Wildman–Crippen MR) is 86.8 cm³/mol. The molecule has 2 atom stereocenters. The SMILES string of the molecule is CC(C)C(=O)OC[C@@H]1COC(CI)(c2ccc(F)cc2F)C1. The Kier molecular flexibility index (Phi) is 5.76. The summed E-state index contributed by atoms with van der Waals surface area (Å²) >= 11 is 2.14. The van der Waals surface area contributed by atoms with E-state index in [4.69, 9.17) is 9.47 Å². The summed E-state index contributed by atoms with van der Waals surface area (Å²) in [4.78, 5) is 11.5. The van der Waals surface area contributed by atoms with Gasteiger partial charge in [-0.15, -0.1) is 0 Å². The Morgan fingerprint density at radius 1 is 1.50 bits per heavy atom. The van der Waals surface area contributed by atoms with Crippen LogP contribution in [-0.4, -0.2) is 23.6 Å². The highest BCUT2D eigenvalue weighted by molar-refractivity contribution is 14.1. The lowest BCUT2D eigenvalue weighted by molar-refractivity contribution is -0.148. The summed E-state index contributed by atoms with van der Waals surface area (Å²) in [6, 6.07) is 3.55. The number of carbonyl (C=O) groups is 1. The van der Waals surface area contributed by atoms with E-state index in [2.05, 4.69) is 22.6 Å². The molecule has 0 aliphatic carbocycles. The molecule has 0 spiro atoms. The van der Waals surface area contributed by atoms with Gasteiger partial charge in [0, 0.05) is 22.0 Å². The van der Waals surface area contributed by atoms with E-state index < -0.39 is 17.2 Å². The molecule has 2 rings (SSSR count). The number of hydrogen-bond donors (Lipinski definition) is 0. The molecule has 1 aliphatic rings. The van der Waals surface area contributed by atoms with Gasteiger partial charge in [-0.25, -0.2) is 8.78 Å². The third-order valence-electron chi connectivity index (χ3n) is 3.78. The topological polar surface area (TPSA) is 35.5 Å². The van der Waals surface area contributed by atoms with E-state index in [1.807, 2.05) is 0 Å². The van der Waals surface area contributed by atoms with Crippen molar-refractivity contribution in [1.82, 2.24) is 0 Å². The molecule has 0 amide bonds. The number of ether oxygens (including phenoxy) is 2. The Balaban J connectivity index is 2.08. The van der Waals surface area contributed by atoms with Crippen molar-refractivity contribution in [2.75, 3.05) is 17.6 Å². The minimum Gasteiger partial charge on any atom is -0.465 e. The Morgan fingerprint density at radius 3 is 2.82 bits per heavy atom. The smallest absolute Gasteiger partial charge is 0.308 e. The van der Waals surface area contributed by atoms with Crippen LogP contribution in [0, 0.1) is 23.5 Å². The molecule has 1 aromatic carbocycles. The standard InChI is InChI=1S/C16H19F2IO3/c1-10(2)15(20)21-7-11-6-16(9-19,22-8-11)13-4-3-12(17)5-14(13)18/h3-5,10-11H,6-9H2,1-2H3/t11-,16?/m1/s1. The molecule has 122 valence electrons. The van der Waals surface area contributed by atoms with Crippen molar-refractivity contribution < 1.29 is 23.0 Å². The van der Waals surface area contributed by atoms with E-state index in [-0.39, 0.29) is 24.4 Å². The number of halogens is 3. The number of carbonyl (C=O) groups excluding carboxylic acids is 1. The molecule has 0 radical (unpaired) electrons. The number of esters is 1. The van der Waals surface area contributed by atoms with Crippen molar-refractivity contribution in [3.8, 4) is 0 Å². The fourth-order valence-electron chi connectivity index (χ4n) is 2.55. The van der Waals surface area contributed by atoms with Crippen LogP contribution in [0.3, 0.4) is 0 Å². The number of benzene rings is 1. The number of alkyl halides is 1. The Hall–Kier alpha value is -0.760. The normalized spacial score (nSPS) is 24.7. The second-order valence-electron chi connectivity index (χ2n) is 5.92. The summed E-state index contributed by atoms with van der Waals surface area (Å²) in [5.74, 6) is -1.62. The van der Waals surface area contributed by atoms with Gasteiger partial charge in [-0.1, -0.05) is 42.5 Å². The van der Waals surface area contributed by atoms with Gasteiger partial charge in [0.25, 0.3) is 0 Å². The highest BCUT2D eigenvalue weighted by Crippen LogP contribution is 2.42. The third-order valence-corrected chi connectivity index (χ3v) is 5.02. The molecule has 6 heteroatoms. The molecule has 0 N–H and O–H groups in total. The second-order valence-corrected chi connectivity index (χ2v) is 6.68. The average molecular weight is 424 g/mol. The summed E-state index contributed by atoms with van der Waals surface area (Å²) in [7, 11) is 0. The van der Waals surface area contributed by atoms with Gasteiger partial charge in [-0.05, 0) is 12.5 Å². The van der Waals surface area contributed by atoms with Crippen LogP contribution in [0.15, 0.2) is 18.2 Å². The minimum absolute atomic E-state index is 0.0157. The molecule has 1 saturated heterocycles. The Morgan fingerprint density at radius 2 is 2.23 bits per heavy atom. The highest BCUT2D eigenvalue weighted by Gasteiger charge is 2.43. The van der Waals surface area contributed by atoms with Crippen LogP contribution in [0.4, 0.5) is 8.78 Å². The second kappa shape index (κ2) is 7.21. The predicted octanol–water partition coefficient (Wildman–Crippen LogP) is 3.83. The first-order valence-corrected chi connectivity index (χ1v) is 8.72. The quantitative estimate of drug-likeness (QED) is 0.410. The molecule has 1 fully saturated rings. The van der Waals surface area contributed by atoms with Crippen molar-refractivity contribution in [2.45, 2.75) is 25.9 Å².